The molecule has 0 saturated heterocycles. The molecule has 7 heteroatoms. The number of nitrogens with one attached hydrogen (secondary N) is 1. The number of hydrogen-bond acceptors (Lipinski definition) is 5. The summed E-state index contributed by atoms with van der Waals surface area (Å²) in [7, 11) is 0. The molecule has 0 atom stereocenters. The van der Waals surface area contributed by atoms with E-state index in [9.17, 15) is 4.79 Å². The van der Waals surface area contributed by atoms with Crippen LogP contribution in [0.25, 0.3) is 0 Å². The lowest BCUT2D eigenvalue weighted by Crippen LogP contribution is -1.96. The highest BCUT2D eigenvalue weighted by molar-refractivity contribution is 5.93. The average Bonchev–Trinajstić information content (AvgIpc) is 2.68. The molecule has 0 unspecified atom stereocenters. The standard InChI is InChI=1S/C19H15N5O2/c25-19(26)17-8-4-5-9-18(17)23-24-22-16-12-10-15(11-13-16)21-20-14-6-2-1-3-7-14/h1-13H,(H,22,23)(H,25,26). The molecule has 128 valence electrons. The summed E-state index contributed by atoms with van der Waals surface area (Å²) in [6.45, 7) is 0. The molecule has 3 aromatic rings. The van der Waals surface area contributed by atoms with Gasteiger partial charge in [0.2, 0.25) is 0 Å². The third-order valence-electron chi connectivity index (χ3n) is 3.38. The molecule has 0 fully saturated rings. The van der Waals surface area contributed by atoms with Gasteiger partial charge in [-0.05, 0) is 48.5 Å². The number of azo groups is 1. The molecule has 0 saturated carbocycles. The lowest BCUT2D eigenvalue weighted by molar-refractivity contribution is 0.0697. The number of carbonyl (C=O) groups is 1. The van der Waals surface area contributed by atoms with Gasteiger partial charge >= 0.3 is 5.97 Å². The maximum absolute atomic E-state index is 11.1. The van der Waals surface area contributed by atoms with E-state index in [0.29, 0.717) is 11.4 Å². The second-order valence-corrected chi connectivity index (χ2v) is 5.22. The fourth-order valence-corrected chi connectivity index (χ4v) is 2.09. The van der Waals surface area contributed by atoms with Crippen LogP contribution in [-0.4, -0.2) is 11.1 Å². The van der Waals surface area contributed by atoms with Crippen molar-refractivity contribution < 1.29 is 9.90 Å². The minimum Gasteiger partial charge on any atom is -0.478 e. The second kappa shape index (κ2) is 8.29. The Kier molecular flexibility index (Phi) is 5.41. The van der Waals surface area contributed by atoms with Gasteiger partial charge in [0, 0.05) is 0 Å². The summed E-state index contributed by atoms with van der Waals surface area (Å²) >= 11 is 0. The van der Waals surface area contributed by atoms with E-state index in [-0.39, 0.29) is 11.3 Å². The summed E-state index contributed by atoms with van der Waals surface area (Å²) in [5, 5.41) is 25.1. The normalized spacial score (nSPS) is 11.1. The summed E-state index contributed by atoms with van der Waals surface area (Å²) in [5.41, 5.74) is 5.30. The molecule has 0 aliphatic rings. The molecule has 0 aromatic heterocycles. The minimum atomic E-state index is -1.05. The summed E-state index contributed by atoms with van der Waals surface area (Å²) in [5.74, 6) is -1.05. The first-order chi connectivity index (χ1) is 12.7. The van der Waals surface area contributed by atoms with Crippen LogP contribution in [0.15, 0.2) is 99.4 Å². The summed E-state index contributed by atoms with van der Waals surface area (Å²) in [4.78, 5) is 11.1. The van der Waals surface area contributed by atoms with E-state index < -0.39 is 5.97 Å². The van der Waals surface area contributed by atoms with Gasteiger partial charge in [0.05, 0.1) is 22.6 Å². The SMILES string of the molecule is O=C(O)c1ccccc1N=NNc1ccc(N=Nc2ccccc2)cc1. The van der Waals surface area contributed by atoms with Gasteiger partial charge in [-0.3, -0.25) is 5.43 Å². The number of benzene rings is 3. The van der Waals surface area contributed by atoms with Crippen LogP contribution in [0.2, 0.25) is 0 Å². The van der Waals surface area contributed by atoms with Crippen LogP contribution in [0.3, 0.4) is 0 Å². The molecule has 2 N–H and O–H groups in total. The Morgan fingerprint density at radius 1 is 0.731 bits per heavy atom. The van der Waals surface area contributed by atoms with Gasteiger partial charge in [-0.2, -0.15) is 10.2 Å². The van der Waals surface area contributed by atoms with Crippen LogP contribution < -0.4 is 5.43 Å². The molecule has 0 aliphatic heterocycles. The predicted octanol–water partition coefficient (Wildman–Crippen LogP) is 5.91. The third-order valence-corrected chi connectivity index (χ3v) is 3.38. The predicted molar refractivity (Wildman–Crippen MR) is 98.6 cm³/mol. The van der Waals surface area contributed by atoms with E-state index in [1.165, 1.54) is 6.07 Å². The Hall–Kier alpha value is -3.87. The number of aromatic carboxylic acids is 1. The average molecular weight is 345 g/mol. The highest BCUT2D eigenvalue weighted by atomic mass is 16.4. The van der Waals surface area contributed by atoms with Gasteiger partial charge in [-0.15, -0.1) is 5.11 Å². The number of anilines is 1. The van der Waals surface area contributed by atoms with Gasteiger partial charge < -0.3 is 5.11 Å². The first-order valence-electron chi connectivity index (χ1n) is 7.78. The van der Waals surface area contributed by atoms with E-state index in [0.717, 1.165) is 5.69 Å². The molecular formula is C19H15N5O2. The fraction of sp³-hybridized carbons (Fsp3) is 0. The highest BCUT2D eigenvalue weighted by Crippen LogP contribution is 2.21. The monoisotopic (exact) mass is 345 g/mol. The number of rotatable bonds is 6. The molecule has 26 heavy (non-hydrogen) atoms. The van der Waals surface area contributed by atoms with Crippen molar-refractivity contribution in [2.45, 2.75) is 0 Å². The smallest absolute Gasteiger partial charge is 0.337 e. The Labute approximate surface area is 149 Å². The highest BCUT2D eigenvalue weighted by Gasteiger charge is 2.07. The van der Waals surface area contributed by atoms with Crippen molar-refractivity contribution in [2.24, 2.45) is 20.6 Å². The zero-order valence-electron chi connectivity index (χ0n) is 13.6. The van der Waals surface area contributed by atoms with Gasteiger partial charge in [0.25, 0.3) is 0 Å². The molecule has 0 spiro atoms. The molecule has 3 aromatic carbocycles. The van der Waals surface area contributed by atoms with Crippen LogP contribution in [0.5, 0.6) is 0 Å². The van der Waals surface area contributed by atoms with Crippen LogP contribution in [0.1, 0.15) is 10.4 Å². The zero-order valence-corrected chi connectivity index (χ0v) is 13.6. The van der Waals surface area contributed by atoms with Crippen molar-refractivity contribution in [3.63, 3.8) is 0 Å². The second-order valence-electron chi connectivity index (χ2n) is 5.22. The largest absolute Gasteiger partial charge is 0.478 e. The first kappa shape index (κ1) is 17.0. The Balaban J connectivity index is 1.63. The lowest BCUT2D eigenvalue weighted by Gasteiger charge is -2.01. The molecule has 3 rings (SSSR count). The van der Waals surface area contributed by atoms with Crippen molar-refractivity contribution in [3.8, 4) is 0 Å². The molecule has 0 aliphatic carbocycles. The van der Waals surface area contributed by atoms with Crippen molar-refractivity contribution in [1.82, 2.24) is 0 Å². The van der Waals surface area contributed by atoms with Crippen molar-refractivity contribution in [2.75, 3.05) is 5.43 Å². The van der Waals surface area contributed by atoms with Crippen molar-refractivity contribution in [1.29, 1.82) is 0 Å². The number of nitrogens with zero attached hydrogens (tertiary/aromatic N) is 4. The zero-order chi connectivity index (χ0) is 18.2. The molecule has 0 radical (unpaired) electrons. The van der Waals surface area contributed by atoms with Crippen LogP contribution in [0.4, 0.5) is 22.7 Å². The van der Waals surface area contributed by atoms with E-state index in [1.54, 1.807) is 42.5 Å². The van der Waals surface area contributed by atoms with Crippen LogP contribution in [0, 0.1) is 0 Å². The van der Waals surface area contributed by atoms with E-state index in [2.05, 4.69) is 26.0 Å². The maximum Gasteiger partial charge on any atom is 0.337 e. The van der Waals surface area contributed by atoms with Gasteiger partial charge in [-0.1, -0.05) is 35.6 Å². The molecule has 0 amide bonds. The van der Waals surface area contributed by atoms with Crippen LogP contribution in [-0.2, 0) is 0 Å². The number of carboxylic acids is 1. The van der Waals surface area contributed by atoms with E-state index in [4.69, 9.17) is 5.11 Å². The third kappa shape index (κ3) is 4.57. The van der Waals surface area contributed by atoms with E-state index >= 15 is 0 Å². The summed E-state index contributed by atoms with van der Waals surface area (Å²) in [6, 6.07) is 23.0. The minimum absolute atomic E-state index is 0.0923. The molecule has 7 nitrogen and oxygen atoms in total. The van der Waals surface area contributed by atoms with Gasteiger partial charge in [-0.25, -0.2) is 4.79 Å². The van der Waals surface area contributed by atoms with Gasteiger partial charge in [0.15, 0.2) is 0 Å². The number of carboxylic acid groups (broad SMARTS) is 1. The fourth-order valence-electron chi connectivity index (χ4n) is 2.09. The number of hydrogen-bond donors (Lipinski definition) is 2. The quantitative estimate of drug-likeness (QED) is 0.429. The van der Waals surface area contributed by atoms with Crippen molar-refractivity contribution >= 4 is 28.7 Å². The topological polar surface area (TPSA) is 98.8 Å². The molecule has 0 bridgehead atoms. The van der Waals surface area contributed by atoms with Crippen molar-refractivity contribution in [3.05, 3.63) is 84.4 Å². The Bertz CT molecular complexity index is 938. The molecular weight excluding hydrogens is 330 g/mol. The van der Waals surface area contributed by atoms with Gasteiger partial charge in [0.1, 0.15) is 5.69 Å². The van der Waals surface area contributed by atoms with E-state index in [1.807, 2.05) is 30.3 Å². The summed E-state index contributed by atoms with van der Waals surface area (Å²) in [6.07, 6.45) is 0. The Morgan fingerprint density at radius 3 is 2.04 bits per heavy atom. The molecule has 0 heterocycles. The Morgan fingerprint density at radius 2 is 1.35 bits per heavy atom. The van der Waals surface area contributed by atoms with Crippen LogP contribution >= 0.6 is 0 Å². The lowest BCUT2D eigenvalue weighted by atomic mass is 10.2. The first-order valence-corrected chi connectivity index (χ1v) is 7.78. The maximum atomic E-state index is 11.1. The summed E-state index contributed by atoms with van der Waals surface area (Å²) < 4.78 is 0.